The van der Waals surface area contributed by atoms with Gasteiger partial charge in [-0.25, -0.2) is 0 Å². The number of hydrogen-bond acceptors (Lipinski definition) is 2. The van der Waals surface area contributed by atoms with E-state index in [1.807, 2.05) is 0 Å². The fourth-order valence-corrected chi connectivity index (χ4v) is 11.0. The summed E-state index contributed by atoms with van der Waals surface area (Å²) in [7, 11) is 0. The second-order valence-corrected chi connectivity index (χ2v) is 18.9. The van der Waals surface area contributed by atoms with Gasteiger partial charge in [-0.1, -0.05) is 173 Å². The molecule has 0 saturated carbocycles. The summed E-state index contributed by atoms with van der Waals surface area (Å²) in [6.45, 7) is 9.59. The van der Waals surface area contributed by atoms with Crippen LogP contribution in [0.15, 0.2) is 231 Å². The van der Waals surface area contributed by atoms with Gasteiger partial charge in [0.05, 0.1) is 0 Å². The number of fused-ring (bicyclic) bond motifs is 9. The van der Waals surface area contributed by atoms with Crippen LogP contribution in [0.5, 0.6) is 0 Å². The van der Waals surface area contributed by atoms with Gasteiger partial charge in [-0.15, -0.1) is 0 Å². The maximum atomic E-state index is 2.45. The summed E-state index contributed by atoms with van der Waals surface area (Å²) in [4.78, 5) is 4.63. The van der Waals surface area contributed by atoms with E-state index in [9.17, 15) is 0 Å². The Morgan fingerprint density at radius 2 is 0.545 bits per heavy atom. The van der Waals surface area contributed by atoms with Gasteiger partial charge in [0, 0.05) is 45.0 Å². The number of benzene rings is 10. The number of anilines is 6. The number of nitrogens with zero attached hydrogens (tertiary/aromatic N) is 2. The summed E-state index contributed by atoms with van der Waals surface area (Å²) in [5, 5.41) is 2.67. The molecule has 0 atom stereocenters. The Bertz CT molecular complexity index is 3110. The molecule has 0 unspecified atom stereocenters. The molecule has 0 saturated heterocycles. The zero-order chi connectivity index (χ0) is 44.6. The lowest BCUT2D eigenvalue weighted by atomic mass is 9.80. The average molecular weight is 847 g/mol. The predicted molar refractivity (Wildman–Crippen MR) is 279 cm³/mol. The van der Waals surface area contributed by atoms with Crippen molar-refractivity contribution in [1.82, 2.24) is 0 Å². The van der Waals surface area contributed by atoms with Crippen LogP contribution >= 0.6 is 0 Å². The smallest absolute Gasteiger partial charge is 0.0462 e. The minimum absolute atomic E-state index is 0.147. The highest BCUT2D eigenvalue weighted by molar-refractivity contribution is 6.11. The summed E-state index contributed by atoms with van der Waals surface area (Å²) in [5.41, 5.74) is 22.4. The van der Waals surface area contributed by atoms with E-state index >= 15 is 0 Å². The van der Waals surface area contributed by atoms with Gasteiger partial charge < -0.3 is 9.80 Å². The highest BCUT2D eigenvalue weighted by Gasteiger charge is 2.40. The summed E-state index contributed by atoms with van der Waals surface area (Å²) in [6.07, 6.45) is 0. The molecule has 10 aromatic carbocycles. The van der Waals surface area contributed by atoms with Crippen molar-refractivity contribution in [2.75, 3.05) is 9.80 Å². The molecule has 2 aliphatic carbocycles. The van der Waals surface area contributed by atoms with E-state index < -0.39 is 0 Å². The molecule has 10 aromatic rings. The molecule has 2 heteroatoms. The molecule has 0 spiro atoms. The van der Waals surface area contributed by atoms with Crippen molar-refractivity contribution in [3.8, 4) is 44.5 Å². The first-order chi connectivity index (χ1) is 32.3. The molecule has 0 aliphatic heterocycles. The molecule has 0 radical (unpaired) electrons. The van der Waals surface area contributed by atoms with Crippen LogP contribution in [0.1, 0.15) is 49.9 Å². The lowest BCUT2D eigenvalue weighted by molar-refractivity contribution is 0.660. The largest absolute Gasteiger partial charge is 0.311 e. The highest BCUT2D eigenvalue weighted by Crippen LogP contribution is 2.57. The third-order valence-corrected chi connectivity index (χ3v) is 14.4. The molecule has 2 nitrogen and oxygen atoms in total. The summed E-state index contributed by atoms with van der Waals surface area (Å²) in [5.74, 6) is 0. The van der Waals surface area contributed by atoms with E-state index in [2.05, 4.69) is 268 Å². The SMILES string of the molecule is CC1(C)c2cc(-c3ccc(N(c4ccccc4)c4ccccc4)cc3)ccc2-c2c1ccc1c3c(ccc21)C(C)(C)c1cc(-c2ccc(N(c4ccccc4)c4ccccc4)cc2)ccc1-3. The Hall–Kier alpha value is -7.94. The van der Waals surface area contributed by atoms with Crippen molar-refractivity contribution in [1.29, 1.82) is 0 Å². The standard InChI is InChI=1S/C64H50N2/c1-63(2)57-39-37-54-53(61(57)55-35-29-45(41-59(55)63)43-25-31-51(32-26-43)65(47-17-9-5-10-18-47)48-19-11-6-12-20-48)38-40-58-62(54)56-36-30-46(42-60(56)64(58,3)4)44-27-33-52(34-28-44)66(49-21-13-7-14-22-49)50-23-15-8-16-24-50/h5-42H,1-4H3. The quantitative estimate of drug-likeness (QED) is 0.150. The summed E-state index contributed by atoms with van der Waals surface area (Å²) >= 11 is 0. The number of para-hydroxylation sites is 4. The van der Waals surface area contributed by atoms with Gasteiger partial charge in [0.15, 0.2) is 0 Å². The maximum Gasteiger partial charge on any atom is 0.0462 e. The molecule has 0 aromatic heterocycles. The van der Waals surface area contributed by atoms with Crippen LogP contribution in [0.2, 0.25) is 0 Å². The van der Waals surface area contributed by atoms with Crippen molar-refractivity contribution in [3.05, 3.63) is 253 Å². The fourth-order valence-electron chi connectivity index (χ4n) is 11.0. The molecular weight excluding hydrogens is 797 g/mol. The molecule has 316 valence electrons. The molecule has 0 heterocycles. The topological polar surface area (TPSA) is 6.48 Å². The van der Waals surface area contributed by atoms with Crippen molar-refractivity contribution < 1.29 is 0 Å². The lowest BCUT2D eigenvalue weighted by Gasteiger charge is -2.25. The average Bonchev–Trinajstić information content (AvgIpc) is 3.75. The third kappa shape index (κ3) is 6.31. The zero-order valence-corrected chi connectivity index (χ0v) is 37.8. The van der Waals surface area contributed by atoms with Gasteiger partial charge in [-0.2, -0.15) is 0 Å². The van der Waals surface area contributed by atoms with E-state index in [0.717, 1.165) is 34.1 Å². The second-order valence-electron chi connectivity index (χ2n) is 18.9. The Kier molecular flexibility index (Phi) is 9.22. The van der Waals surface area contributed by atoms with E-state index in [-0.39, 0.29) is 10.8 Å². The second kappa shape index (κ2) is 15.4. The number of rotatable bonds is 8. The first-order valence-corrected chi connectivity index (χ1v) is 23.2. The fraction of sp³-hybridized carbons (Fsp3) is 0.0938. The van der Waals surface area contributed by atoms with E-state index in [1.165, 1.54) is 77.5 Å². The normalized spacial score (nSPS) is 13.7. The molecule has 12 rings (SSSR count). The predicted octanol–water partition coefficient (Wildman–Crippen LogP) is 17.7. The van der Waals surface area contributed by atoms with Crippen LogP contribution in [0.4, 0.5) is 34.1 Å². The van der Waals surface area contributed by atoms with Crippen LogP contribution in [-0.2, 0) is 10.8 Å². The Labute approximate surface area is 388 Å². The third-order valence-electron chi connectivity index (χ3n) is 14.4. The van der Waals surface area contributed by atoms with Crippen molar-refractivity contribution in [2.24, 2.45) is 0 Å². The molecule has 2 aliphatic rings. The van der Waals surface area contributed by atoms with Crippen molar-refractivity contribution in [2.45, 2.75) is 38.5 Å². The molecule has 0 fully saturated rings. The molecule has 0 amide bonds. The van der Waals surface area contributed by atoms with Crippen molar-refractivity contribution >= 4 is 44.9 Å². The monoisotopic (exact) mass is 846 g/mol. The highest BCUT2D eigenvalue weighted by atomic mass is 15.1. The Morgan fingerprint density at radius 1 is 0.258 bits per heavy atom. The Balaban J connectivity index is 0.886. The van der Waals surface area contributed by atoms with Gasteiger partial charge in [-0.3, -0.25) is 0 Å². The first-order valence-electron chi connectivity index (χ1n) is 23.2. The van der Waals surface area contributed by atoms with Crippen LogP contribution in [0.3, 0.4) is 0 Å². The van der Waals surface area contributed by atoms with Crippen molar-refractivity contribution in [3.63, 3.8) is 0 Å². The van der Waals surface area contributed by atoms with Gasteiger partial charge in [0.1, 0.15) is 0 Å². The van der Waals surface area contributed by atoms with Crippen LogP contribution in [-0.4, -0.2) is 0 Å². The molecular formula is C64H50N2. The zero-order valence-electron chi connectivity index (χ0n) is 37.8. The first kappa shape index (κ1) is 39.6. The minimum atomic E-state index is -0.147. The van der Waals surface area contributed by atoms with Gasteiger partial charge in [-0.05, 0) is 162 Å². The van der Waals surface area contributed by atoms with E-state index in [4.69, 9.17) is 0 Å². The lowest BCUT2D eigenvalue weighted by Crippen LogP contribution is -2.15. The van der Waals surface area contributed by atoms with Crippen LogP contribution < -0.4 is 9.80 Å². The van der Waals surface area contributed by atoms with Gasteiger partial charge >= 0.3 is 0 Å². The molecule has 0 bridgehead atoms. The Morgan fingerprint density at radius 3 is 0.864 bits per heavy atom. The molecule has 66 heavy (non-hydrogen) atoms. The van der Waals surface area contributed by atoms with Crippen LogP contribution in [0.25, 0.3) is 55.3 Å². The summed E-state index contributed by atoms with van der Waals surface area (Å²) < 4.78 is 0. The molecule has 0 N–H and O–H groups in total. The minimum Gasteiger partial charge on any atom is -0.311 e. The maximum absolute atomic E-state index is 2.45. The van der Waals surface area contributed by atoms with E-state index in [1.54, 1.807) is 0 Å². The summed E-state index contributed by atoms with van der Waals surface area (Å²) in [6, 6.07) is 84.5. The van der Waals surface area contributed by atoms with Gasteiger partial charge in [0.2, 0.25) is 0 Å². The van der Waals surface area contributed by atoms with Crippen LogP contribution in [0, 0.1) is 0 Å². The van der Waals surface area contributed by atoms with E-state index in [0.29, 0.717) is 0 Å². The van der Waals surface area contributed by atoms with Gasteiger partial charge in [0.25, 0.3) is 0 Å². The number of hydrogen-bond donors (Lipinski definition) is 0.